The number of ether oxygens (including phenoxy) is 1. The fourth-order valence-corrected chi connectivity index (χ4v) is 3.70. The number of nitrogens with zero attached hydrogens (tertiary/aromatic N) is 1. The summed E-state index contributed by atoms with van der Waals surface area (Å²) in [6, 6.07) is 12.0. The lowest BCUT2D eigenvalue weighted by Crippen LogP contribution is -2.29. The Labute approximate surface area is 188 Å². The highest BCUT2D eigenvalue weighted by molar-refractivity contribution is 6.30. The minimum Gasteiger partial charge on any atom is -0.382 e. The standard InChI is InChI=1S/C23H29ClN4O3/c1-2-31-14-6-11-25-22(29)20-16-19(9-10-21(20)28-12-3-4-13-28)27-23(30)26-18-8-5-7-17(24)15-18/h5,7-10,15-16H,2-4,6,11-14H2,1H3,(H,25,29)(H2,26,27,30). The van der Waals surface area contributed by atoms with Crippen LogP contribution in [0.5, 0.6) is 0 Å². The molecule has 2 aromatic rings. The van der Waals surface area contributed by atoms with Gasteiger partial charge in [0, 0.05) is 54.9 Å². The van der Waals surface area contributed by atoms with E-state index in [1.807, 2.05) is 19.1 Å². The van der Waals surface area contributed by atoms with E-state index in [-0.39, 0.29) is 5.91 Å². The van der Waals surface area contributed by atoms with Crippen molar-refractivity contribution in [2.24, 2.45) is 0 Å². The van der Waals surface area contributed by atoms with E-state index >= 15 is 0 Å². The zero-order valence-corrected chi connectivity index (χ0v) is 18.5. The van der Waals surface area contributed by atoms with Crippen LogP contribution in [0.4, 0.5) is 21.9 Å². The Morgan fingerprint density at radius 3 is 2.52 bits per heavy atom. The van der Waals surface area contributed by atoms with E-state index in [9.17, 15) is 9.59 Å². The first-order valence-electron chi connectivity index (χ1n) is 10.7. The second-order valence-electron chi connectivity index (χ2n) is 7.32. The lowest BCUT2D eigenvalue weighted by molar-refractivity contribution is 0.0944. The van der Waals surface area contributed by atoms with Crippen molar-refractivity contribution in [1.82, 2.24) is 5.32 Å². The number of nitrogens with one attached hydrogen (secondary N) is 3. The summed E-state index contributed by atoms with van der Waals surface area (Å²) in [6.45, 7) is 5.60. The molecule has 0 radical (unpaired) electrons. The van der Waals surface area contributed by atoms with E-state index < -0.39 is 6.03 Å². The van der Waals surface area contributed by atoms with Crippen LogP contribution in [0.3, 0.4) is 0 Å². The van der Waals surface area contributed by atoms with Gasteiger partial charge in [0.15, 0.2) is 0 Å². The smallest absolute Gasteiger partial charge is 0.323 e. The van der Waals surface area contributed by atoms with Crippen molar-refractivity contribution >= 4 is 40.6 Å². The molecule has 0 bridgehead atoms. The van der Waals surface area contributed by atoms with Gasteiger partial charge in [-0.05, 0) is 62.6 Å². The Bertz CT molecular complexity index is 900. The van der Waals surface area contributed by atoms with Gasteiger partial charge < -0.3 is 25.6 Å². The lowest BCUT2D eigenvalue weighted by atomic mass is 10.1. The first-order valence-corrected chi connectivity index (χ1v) is 11.0. The number of rotatable bonds is 9. The first-order chi connectivity index (χ1) is 15.1. The topological polar surface area (TPSA) is 82.7 Å². The van der Waals surface area contributed by atoms with Crippen LogP contribution in [-0.2, 0) is 4.74 Å². The molecule has 0 saturated carbocycles. The molecule has 3 rings (SSSR count). The van der Waals surface area contributed by atoms with Crippen LogP contribution in [0, 0.1) is 0 Å². The average molecular weight is 445 g/mol. The molecule has 0 atom stereocenters. The maximum absolute atomic E-state index is 12.9. The summed E-state index contributed by atoms with van der Waals surface area (Å²) in [5.41, 5.74) is 2.58. The monoisotopic (exact) mass is 444 g/mol. The quantitative estimate of drug-likeness (QED) is 0.488. The third-order valence-corrected chi connectivity index (χ3v) is 5.22. The number of anilines is 3. The summed E-state index contributed by atoms with van der Waals surface area (Å²) in [5.74, 6) is -0.155. The normalized spacial score (nSPS) is 13.2. The molecule has 0 unspecified atom stereocenters. The number of hydrogen-bond donors (Lipinski definition) is 3. The molecule has 1 aliphatic rings. The number of carbonyl (C=O) groups excluding carboxylic acids is 2. The molecule has 7 nitrogen and oxygen atoms in total. The van der Waals surface area contributed by atoms with E-state index in [1.165, 1.54) is 0 Å². The Kier molecular flexibility index (Phi) is 8.55. The average Bonchev–Trinajstić information content (AvgIpc) is 3.28. The summed E-state index contributed by atoms with van der Waals surface area (Å²) in [7, 11) is 0. The predicted octanol–water partition coefficient (Wildman–Crippen LogP) is 4.74. The second-order valence-corrected chi connectivity index (χ2v) is 7.76. The lowest BCUT2D eigenvalue weighted by Gasteiger charge is -2.22. The Morgan fingerprint density at radius 1 is 1.06 bits per heavy atom. The van der Waals surface area contributed by atoms with Crippen LogP contribution in [-0.4, -0.2) is 44.8 Å². The number of benzene rings is 2. The Morgan fingerprint density at radius 2 is 1.81 bits per heavy atom. The van der Waals surface area contributed by atoms with Crippen LogP contribution in [0.2, 0.25) is 5.02 Å². The fourth-order valence-electron chi connectivity index (χ4n) is 3.50. The molecule has 166 valence electrons. The van der Waals surface area contributed by atoms with Gasteiger partial charge in [-0.3, -0.25) is 4.79 Å². The molecule has 3 N–H and O–H groups in total. The number of urea groups is 1. The van der Waals surface area contributed by atoms with Gasteiger partial charge in [-0.25, -0.2) is 4.79 Å². The molecule has 0 spiro atoms. The minimum absolute atomic E-state index is 0.155. The molecule has 2 aromatic carbocycles. The third-order valence-electron chi connectivity index (χ3n) is 4.98. The number of halogens is 1. The van der Waals surface area contributed by atoms with E-state index in [4.69, 9.17) is 16.3 Å². The van der Waals surface area contributed by atoms with Crippen molar-refractivity contribution in [3.63, 3.8) is 0 Å². The first kappa shape index (κ1) is 22.9. The molecule has 1 aliphatic heterocycles. The summed E-state index contributed by atoms with van der Waals surface area (Å²) in [6.07, 6.45) is 2.97. The van der Waals surface area contributed by atoms with Crippen molar-refractivity contribution in [1.29, 1.82) is 0 Å². The van der Waals surface area contributed by atoms with Crippen LogP contribution in [0.1, 0.15) is 36.5 Å². The summed E-state index contributed by atoms with van der Waals surface area (Å²) in [4.78, 5) is 27.5. The highest BCUT2D eigenvalue weighted by Crippen LogP contribution is 2.28. The minimum atomic E-state index is -0.403. The number of carbonyl (C=O) groups is 2. The van der Waals surface area contributed by atoms with Gasteiger partial charge >= 0.3 is 6.03 Å². The second kappa shape index (κ2) is 11.6. The van der Waals surface area contributed by atoms with Crippen molar-refractivity contribution in [3.8, 4) is 0 Å². The molecule has 1 heterocycles. The van der Waals surface area contributed by atoms with E-state index in [0.717, 1.165) is 38.0 Å². The molecule has 31 heavy (non-hydrogen) atoms. The Hall–Kier alpha value is -2.77. The third kappa shape index (κ3) is 6.87. The van der Waals surface area contributed by atoms with E-state index in [2.05, 4.69) is 20.9 Å². The summed E-state index contributed by atoms with van der Waals surface area (Å²) in [5, 5.41) is 9.04. The van der Waals surface area contributed by atoms with Crippen molar-refractivity contribution in [3.05, 3.63) is 53.1 Å². The van der Waals surface area contributed by atoms with Gasteiger partial charge in [0.1, 0.15) is 0 Å². The molecule has 0 aromatic heterocycles. The van der Waals surface area contributed by atoms with Gasteiger partial charge in [0.25, 0.3) is 5.91 Å². The zero-order chi connectivity index (χ0) is 22.1. The maximum Gasteiger partial charge on any atom is 0.323 e. The zero-order valence-electron chi connectivity index (χ0n) is 17.7. The highest BCUT2D eigenvalue weighted by Gasteiger charge is 2.20. The Balaban J connectivity index is 1.70. The molecule has 3 amide bonds. The molecule has 8 heteroatoms. The van der Waals surface area contributed by atoms with Crippen LogP contribution in [0.25, 0.3) is 0 Å². The SMILES string of the molecule is CCOCCCNC(=O)c1cc(NC(=O)Nc2cccc(Cl)c2)ccc1N1CCCC1. The highest BCUT2D eigenvalue weighted by atomic mass is 35.5. The van der Waals surface area contributed by atoms with Gasteiger partial charge in [0.05, 0.1) is 5.56 Å². The van der Waals surface area contributed by atoms with Crippen molar-refractivity contribution in [2.75, 3.05) is 48.4 Å². The molecule has 0 aliphatic carbocycles. The maximum atomic E-state index is 12.9. The van der Waals surface area contributed by atoms with Crippen LogP contribution < -0.4 is 20.9 Å². The van der Waals surface area contributed by atoms with Crippen molar-refractivity contribution in [2.45, 2.75) is 26.2 Å². The molecular weight excluding hydrogens is 416 g/mol. The predicted molar refractivity (Wildman–Crippen MR) is 125 cm³/mol. The van der Waals surface area contributed by atoms with Gasteiger partial charge in [-0.1, -0.05) is 17.7 Å². The fraction of sp³-hybridized carbons (Fsp3) is 0.391. The number of amides is 3. The summed E-state index contributed by atoms with van der Waals surface area (Å²) >= 11 is 5.96. The number of hydrogen-bond acceptors (Lipinski definition) is 4. The van der Waals surface area contributed by atoms with Gasteiger partial charge in [-0.2, -0.15) is 0 Å². The largest absolute Gasteiger partial charge is 0.382 e. The van der Waals surface area contributed by atoms with E-state index in [1.54, 1.807) is 30.3 Å². The molecular formula is C23H29ClN4O3. The molecule has 1 saturated heterocycles. The summed E-state index contributed by atoms with van der Waals surface area (Å²) < 4.78 is 5.32. The molecule has 1 fully saturated rings. The van der Waals surface area contributed by atoms with Gasteiger partial charge in [0.2, 0.25) is 0 Å². The van der Waals surface area contributed by atoms with Crippen molar-refractivity contribution < 1.29 is 14.3 Å². The van der Waals surface area contributed by atoms with Gasteiger partial charge in [-0.15, -0.1) is 0 Å². The van der Waals surface area contributed by atoms with E-state index in [0.29, 0.717) is 41.7 Å². The van der Waals surface area contributed by atoms with Crippen LogP contribution >= 0.6 is 11.6 Å². The van der Waals surface area contributed by atoms with Crippen LogP contribution in [0.15, 0.2) is 42.5 Å².